The van der Waals surface area contributed by atoms with Crippen LogP contribution in [-0.2, 0) is 16.1 Å². The second kappa shape index (κ2) is 10.2. The van der Waals surface area contributed by atoms with Gasteiger partial charge in [-0.3, -0.25) is 9.69 Å². The molecule has 1 N–H and O–H groups in total. The van der Waals surface area contributed by atoms with E-state index in [9.17, 15) is 4.79 Å². The number of aromatic nitrogens is 2. The number of rotatable bonds is 7. The van der Waals surface area contributed by atoms with Gasteiger partial charge in [-0.25, -0.2) is 9.97 Å². The van der Waals surface area contributed by atoms with Gasteiger partial charge in [0.25, 0.3) is 0 Å². The fraction of sp³-hybridized carbons (Fsp3) is 0.593. The molecule has 2 aliphatic heterocycles. The van der Waals surface area contributed by atoms with Crippen LogP contribution in [-0.4, -0.2) is 40.5 Å². The average Bonchev–Trinajstić information content (AvgIpc) is 2.82. The molecular weight excluding hydrogens is 444 g/mol. The fourth-order valence-corrected chi connectivity index (χ4v) is 7.39. The molecule has 0 amide bonds. The molecule has 0 radical (unpaired) electrons. The molecule has 5 rings (SSSR count). The van der Waals surface area contributed by atoms with Crippen LogP contribution in [0.2, 0.25) is 0 Å². The number of carbonyl (C=O) groups excluding carboxylic acids is 1. The minimum atomic E-state index is -0.0426. The number of carbonyl (C=O) groups is 1. The Morgan fingerprint density at radius 1 is 1.18 bits per heavy atom. The highest BCUT2D eigenvalue weighted by atomic mass is 32.2. The molecule has 4 atom stereocenters. The highest BCUT2D eigenvalue weighted by Crippen LogP contribution is 2.48. The maximum atomic E-state index is 11.8. The third-order valence-corrected chi connectivity index (χ3v) is 9.11. The Balaban J connectivity index is 1.25. The summed E-state index contributed by atoms with van der Waals surface area (Å²) < 4.78 is 5.15. The number of ether oxygens (including phenoxy) is 1. The van der Waals surface area contributed by atoms with E-state index in [1.54, 1.807) is 24.2 Å². The first-order valence-electron chi connectivity index (χ1n) is 12.8. The Morgan fingerprint density at radius 3 is 2.71 bits per heavy atom. The summed E-state index contributed by atoms with van der Waals surface area (Å²) in [5.41, 5.74) is 2.48. The zero-order valence-corrected chi connectivity index (χ0v) is 21.3. The zero-order chi connectivity index (χ0) is 23.7. The lowest BCUT2D eigenvalue weighted by atomic mass is 9.59. The van der Waals surface area contributed by atoms with E-state index in [1.807, 2.05) is 6.92 Å². The normalized spacial score (nSPS) is 27.9. The number of piperidine rings is 1. The van der Waals surface area contributed by atoms with E-state index < -0.39 is 0 Å². The van der Waals surface area contributed by atoms with E-state index in [4.69, 9.17) is 4.74 Å². The van der Waals surface area contributed by atoms with E-state index in [2.05, 4.69) is 52.2 Å². The largest absolute Gasteiger partial charge is 0.466 e. The predicted octanol–water partition coefficient (Wildman–Crippen LogP) is 5.76. The third kappa shape index (κ3) is 4.96. The van der Waals surface area contributed by atoms with Gasteiger partial charge in [0.05, 0.1) is 12.3 Å². The summed E-state index contributed by atoms with van der Waals surface area (Å²) in [6.07, 6.45) is 7.47. The number of nitrogens with zero attached hydrogens (tertiary/aromatic N) is 3. The molecule has 0 spiro atoms. The van der Waals surface area contributed by atoms with Crippen molar-refractivity contribution in [3.8, 4) is 0 Å². The summed E-state index contributed by atoms with van der Waals surface area (Å²) >= 11 is 1.68. The average molecular weight is 481 g/mol. The first-order valence-corrected chi connectivity index (χ1v) is 13.6. The van der Waals surface area contributed by atoms with Crippen LogP contribution < -0.4 is 5.32 Å². The molecule has 2 unspecified atom stereocenters. The number of fused-ring (bicyclic) bond motifs is 4. The smallest absolute Gasteiger partial charge is 0.305 e. The third-order valence-electron chi connectivity index (χ3n) is 8.04. The molecule has 7 heteroatoms. The van der Waals surface area contributed by atoms with Crippen molar-refractivity contribution >= 4 is 29.2 Å². The lowest BCUT2D eigenvalue weighted by Gasteiger charge is -2.53. The molecule has 182 valence electrons. The Labute approximate surface area is 207 Å². The maximum absolute atomic E-state index is 11.8. The van der Waals surface area contributed by atoms with Gasteiger partial charge in [-0.1, -0.05) is 31.7 Å². The molecule has 1 aromatic carbocycles. The fourth-order valence-electron chi connectivity index (χ4n) is 6.51. The Bertz CT molecular complexity index is 1010. The standard InChI is InChI=1S/C27H36N4O2S/c1-4-33-25(32)7-5-6-20-21-15-31(16-22(20)18(3)12-17(21)2)14-19-8-9-24-23(13-19)30-26-27(34-24)29-11-10-28-26/h8-11,13,17-18,20-22H,4-7,12,14-16H2,1-3H3,(H,28,30)/t17-,18-,20?,21?,22?/m1/s1. The van der Waals surface area contributed by atoms with Crippen LogP contribution in [0.4, 0.5) is 11.5 Å². The van der Waals surface area contributed by atoms with Gasteiger partial charge in [-0.05, 0) is 73.5 Å². The number of benzene rings is 1. The van der Waals surface area contributed by atoms with Gasteiger partial charge in [-0.2, -0.15) is 0 Å². The molecule has 2 aromatic rings. The van der Waals surface area contributed by atoms with Crippen LogP contribution >= 0.6 is 11.8 Å². The molecular formula is C27H36N4O2S. The highest BCUT2D eigenvalue weighted by molar-refractivity contribution is 7.99. The van der Waals surface area contributed by atoms with Crippen molar-refractivity contribution in [1.29, 1.82) is 0 Å². The van der Waals surface area contributed by atoms with Crippen LogP contribution in [0.3, 0.4) is 0 Å². The summed E-state index contributed by atoms with van der Waals surface area (Å²) in [5.74, 6) is 4.42. The lowest BCUT2D eigenvalue weighted by molar-refractivity contribution is -0.143. The molecule has 2 fully saturated rings. The number of likely N-dealkylation sites (tertiary alicyclic amines) is 1. The monoisotopic (exact) mass is 480 g/mol. The van der Waals surface area contributed by atoms with Crippen LogP contribution in [0, 0.1) is 29.6 Å². The number of nitrogens with one attached hydrogen (secondary N) is 1. The first kappa shape index (κ1) is 23.6. The van der Waals surface area contributed by atoms with E-state index in [1.165, 1.54) is 16.9 Å². The molecule has 3 heterocycles. The zero-order valence-electron chi connectivity index (χ0n) is 20.5. The van der Waals surface area contributed by atoms with Crippen molar-refractivity contribution in [2.75, 3.05) is 25.0 Å². The SMILES string of the molecule is CCOC(=O)CCCC1C2CN(Cc3ccc4c(c3)Nc3nccnc3S4)CC1[C@H](C)C[C@H]2C. The summed E-state index contributed by atoms with van der Waals surface area (Å²) in [4.78, 5) is 24.6. The summed E-state index contributed by atoms with van der Waals surface area (Å²) in [7, 11) is 0. The van der Waals surface area contributed by atoms with Crippen molar-refractivity contribution in [3.05, 3.63) is 36.2 Å². The number of hydrogen-bond donors (Lipinski definition) is 1. The second-order valence-electron chi connectivity index (χ2n) is 10.3. The number of hydrogen-bond acceptors (Lipinski definition) is 7. The first-order chi connectivity index (χ1) is 16.5. The molecule has 34 heavy (non-hydrogen) atoms. The van der Waals surface area contributed by atoms with Crippen molar-refractivity contribution in [2.45, 2.75) is 62.9 Å². The molecule has 2 bridgehead atoms. The Hall–Kier alpha value is -2.12. The molecule has 1 aromatic heterocycles. The van der Waals surface area contributed by atoms with Crippen LogP contribution in [0.1, 0.15) is 52.0 Å². The number of anilines is 2. The number of esters is 1. The topological polar surface area (TPSA) is 67.3 Å². The van der Waals surface area contributed by atoms with Crippen molar-refractivity contribution in [3.63, 3.8) is 0 Å². The Kier molecular flexibility index (Phi) is 7.11. The van der Waals surface area contributed by atoms with Gasteiger partial charge in [-0.15, -0.1) is 0 Å². The maximum Gasteiger partial charge on any atom is 0.305 e. The van der Waals surface area contributed by atoms with E-state index in [0.29, 0.717) is 24.9 Å². The minimum Gasteiger partial charge on any atom is -0.466 e. The van der Waals surface area contributed by atoms with Crippen LogP contribution in [0.15, 0.2) is 40.5 Å². The van der Waals surface area contributed by atoms with Crippen molar-refractivity contribution in [2.24, 2.45) is 29.6 Å². The summed E-state index contributed by atoms with van der Waals surface area (Å²) in [6, 6.07) is 6.77. The summed E-state index contributed by atoms with van der Waals surface area (Å²) in [5, 5.41) is 4.40. The van der Waals surface area contributed by atoms with Gasteiger partial charge in [0, 0.05) is 43.3 Å². The molecule has 1 saturated heterocycles. The van der Waals surface area contributed by atoms with E-state index in [-0.39, 0.29) is 5.97 Å². The van der Waals surface area contributed by atoms with Crippen LogP contribution in [0.5, 0.6) is 0 Å². The summed E-state index contributed by atoms with van der Waals surface area (Å²) in [6.45, 7) is 10.5. The minimum absolute atomic E-state index is 0.0426. The molecule has 6 nitrogen and oxygen atoms in total. The van der Waals surface area contributed by atoms with Gasteiger partial charge in [0.1, 0.15) is 5.03 Å². The van der Waals surface area contributed by atoms with E-state index >= 15 is 0 Å². The van der Waals surface area contributed by atoms with Crippen molar-refractivity contribution in [1.82, 2.24) is 14.9 Å². The van der Waals surface area contributed by atoms with Gasteiger partial charge >= 0.3 is 5.97 Å². The highest BCUT2D eigenvalue weighted by Gasteiger charge is 2.45. The quantitative estimate of drug-likeness (QED) is 0.431. The van der Waals surface area contributed by atoms with Gasteiger partial charge in [0.15, 0.2) is 5.82 Å². The Morgan fingerprint density at radius 2 is 1.94 bits per heavy atom. The second-order valence-corrected chi connectivity index (χ2v) is 11.4. The van der Waals surface area contributed by atoms with Gasteiger partial charge < -0.3 is 10.1 Å². The molecule has 3 aliphatic rings. The molecule has 1 saturated carbocycles. The van der Waals surface area contributed by atoms with E-state index in [0.717, 1.165) is 66.8 Å². The van der Waals surface area contributed by atoms with Crippen LogP contribution in [0.25, 0.3) is 0 Å². The van der Waals surface area contributed by atoms with Crippen molar-refractivity contribution < 1.29 is 9.53 Å². The lowest BCUT2D eigenvalue weighted by Crippen LogP contribution is -2.53. The molecule has 1 aliphatic carbocycles. The predicted molar refractivity (Wildman–Crippen MR) is 135 cm³/mol. The van der Waals surface area contributed by atoms with Gasteiger partial charge in [0.2, 0.25) is 0 Å².